The molecule has 4 heteroatoms. The molecule has 0 aliphatic rings. The van der Waals surface area contributed by atoms with Crippen LogP contribution in [0.4, 0.5) is 0 Å². The normalized spacial score (nSPS) is 13.4. The monoisotopic (exact) mass is 259 g/mol. The third kappa shape index (κ3) is 3.71. The van der Waals surface area contributed by atoms with Gasteiger partial charge in [-0.25, -0.2) is 0 Å². The average Bonchev–Trinajstić information content (AvgIpc) is 2.45. The maximum Gasteiger partial charge on any atom is 0.185 e. The van der Waals surface area contributed by atoms with E-state index in [4.69, 9.17) is 5.73 Å². The van der Waals surface area contributed by atoms with Crippen molar-refractivity contribution >= 4 is 11.6 Å². The zero-order valence-corrected chi connectivity index (χ0v) is 10.6. The third-order valence-electron chi connectivity index (χ3n) is 2.82. The van der Waals surface area contributed by atoms with E-state index >= 15 is 0 Å². The Morgan fingerprint density at radius 3 is 2.47 bits per heavy atom. The van der Waals surface area contributed by atoms with Gasteiger partial charge in [0.1, 0.15) is 6.10 Å². The number of ketones is 2. The highest BCUT2D eigenvalue weighted by Crippen LogP contribution is 2.13. The summed E-state index contributed by atoms with van der Waals surface area (Å²) in [6, 6.07) is 6.11. The van der Waals surface area contributed by atoms with Gasteiger partial charge in [0.2, 0.25) is 0 Å². The molecule has 1 aromatic carbocycles. The van der Waals surface area contributed by atoms with Crippen molar-refractivity contribution in [2.75, 3.05) is 0 Å². The van der Waals surface area contributed by atoms with Crippen molar-refractivity contribution in [1.82, 2.24) is 0 Å². The predicted molar refractivity (Wildman–Crippen MR) is 73.9 cm³/mol. The first-order valence-corrected chi connectivity index (χ1v) is 5.85. The summed E-state index contributed by atoms with van der Waals surface area (Å²) in [5, 5.41) is 9.68. The van der Waals surface area contributed by atoms with E-state index in [1.54, 1.807) is 24.3 Å². The lowest BCUT2D eigenvalue weighted by atomic mass is 9.94. The van der Waals surface area contributed by atoms with E-state index in [2.05, 4.69) is 13.2 Å². The molecule has 0 bridgehead atoms. The van der Waals surface area contributed by atoms with Crippen molar-refractivity contribution in [2.45, 2.75) is 18.6 Å². The van der Waals surface area contributed by atoms with Crippen molar-refractivity contribution in [3.05, 3.63) is 60.7 Å². The Morgan fingerprint density at radius 1 is 1.26 bits per heavy atom. The zero-order valence-electron chi connectivity index (χ0n) is 10.6. The Hall–Kier alpha value is -2.04. The van der Waals surface area contributed by atoms with E-state index in [-0.39, 0.29) is 12.2 Å². The highest BCUT2D eigenvalue weighted by Gasteiger charge is 2.22. The smallest absolute Gasteiger partial charge is 0.185 e. The molecule has 0 amide bonds. The Kier molecular flexibility index (Phi) is 5.36. The fraction of sp³-hybridized carbons (Fsp3) is 0.200. The SMILES string of the molecule is C=CC(=O)c1ccccc1C[C@H](N)C(O)C(=O)C=C. The lowest BCUT2D eigenvalue weighted by Gasteiger charge is -2.17. The van der Waals surface area contributed by atoms with E-state index in [0.29, 0.717) is 11.1 Å². The van der Waals surface area contributed by atoms with Crippen molar-refractivity contribution < 1.29 is 14.7 Å². The summed E-state index contributed by atoms with van der Waals surface area (Å²) in [6.45, 7) is 6.73. The lowest BCUT2D eigenvalue weighted by molar-refractivity contribution is -0.123. The Morgan fingerprint density at radius 2 is 1.89 bits per heavy atom. The van der Waals surface area contributed by atoms with Gasteiger partial charge in [0.25, 0.3) is 0 Å². The van der Waals surface area contributed by atoms with E-state index in [1.807, 2.05) is 0 Å². The number of rotatable bonds is 7. The van der Waals surface area contributed by atoms with Gasteiger partial charge in [-0.05, 0) is 24.1 Å². The number of hydrogen-bond donors (Lipinski definition) is 2. The van der Waals surface area contributed by atoms with Gasteiger partial charge in [-0.2, -0.15) is 0 Å². The van der Waals surface area contributed by atoms with Crippen molar-refractivity contribution in [2.24, 2.45) is 5.73 Å². The van der Waals surface area contributed by atoms with Crippen molar-refractivity contribution in [1.29, 1.82) is 0 Å². The molecule has 0 saturated heterocycles. The second-order valence-corrected chi connectivity index (χ2v) is 4.14. The number of allylic oxidation sites excluding steroid dienone is 1. The molecular formula is C15H17NO3. The summed E-state index contributed by atoms with van der Waals surface area (Å²) >= 11 is 0. The van der Waals surface area contributed by atoms with Crippen LogP contribution in [0.15, 0.2) is 49.6 Å². The molecule has 1 rings (SSSR count). The number of hydrogen-bond acceptors (Lipinski definition) is 4. The molecular weight excluding hydrogens is 242 g/mol. The second-order valence-electron chi connectivity index (χ2n) is 4.14. The first-order chi connectivity index (χ1) is 9.01. The number of carbonyl (C=O) groups is 2. The molecule has 1 unspecified atom stereocenters. The lowest BCUT2D eigenvalue weighted by Crippen LogP contribution is -2.41. The first-order valence-electron chi connectivity index (χ1n) is 5.85. The molecule has 1 aromatic rings. The minimum Gasteiger partial charge on any atom is -0.383 e. The average molecular weight is 259 g/mol. The minimum atomic E-state index is -1.32. The minimum absolute atomic E-state index is 0.215. The Bertz CT molecular complexity index is 508. The van der Waals surface area contributed by atoms with Crippen LogP contribution < -0.4 is 5.73 Å². The molecule has 2 atom stereocenters. The van der Waals surface area contributed by atoms with Crippen molar-refractivity contribution in [3.8, 4) is 0 Å². The maximum atomic E-state index is 11.7. The number of carbonyl (C=O) groups excluding carboxylic acids is 2. The van der Waals surface area contributed by atoms with Gasteiger partial charge in [-0.1, -0.05) is 37.4 Å². The van der Waals surface area contributed by atoms with Gasteiger partial charge >= 0.3 is 0 Å². The fourth-order valence-electron chi connectivity index (χ4n) is 1.75. The standard InChI is InChI=1S/C15H17NO3/c1-3-13(17)11-8-6-5-7-10(11)9-12(16)15(19)14(18)4-2/h3-8,12,15,19H,1-2,9,16H2/t12-,15?/m0/s1. The van der Waals surface area contributed by atoms with Crippen LogP contribution in [-0.2, 0) is 11.2 Å². The molecule has 0 aromatic heterocycles. The molecule has 4 nitrogen and oxygen atoms in total. The molecule has 0 fully saturated rings. The van der Waals surface area contributed by atoms with E-state index in [9.17, 15) is 14.7 Å². The quantitative estimate of drug-likeness (QED) is 0.566. The Labute approximate surface area is 112 Å². The van der Waals surface area contributed by atoms with Gasteiger partial charge in [-0.15, -0.1) is 0 Å². The van der Waals surface area contributed by atoms with Gasteiger partial charge < -0.3 is 10.8 Å². The maximum absolute atomic E-state index is 11.7. The summed E-state index contributed by atoms with van der Waals surface area (Å²) < 4.78 is 0. The molecule has 0 aliphatic carbocycles. The summed E-state index contributed by atoms with van der Waals surface area (Å²) in [5.41, 5.74) is 6.94. The van der Waals surface area contributed by atoms with Crippen LogP contribution in [0.5, 0.6) is 0 Å². The topological polar surface area (TPSA) is 80.4 Å². The van der Waals surface area contributed by atoms with Crippen LogP contribution in [0, 0.1) is 0 Å². The number of nitrogens with two attached hydrogens (primary N) is 1. The molecule has 0 saturated carbocycles. The highest BCUT2D eigenvalue weighted by molar-refractivity contribution is 6.05. The third-order valence-corrected chi connectivity index (χ3v) is 2.82. The first kappa shape index (κ1) is 15.0. The summed E-state index contributed by atoms with van der Waals surface area (Å²) in [4.78, 5) is 23.0. The van der Waals surface area contributed by atoms with Crippen molar-refractivity contribution in [3.63, 3.8) is 0 Å². The second kappa shape index (κ2) is 6.78. The molecule has 0 heterocycles. The molecule has 3 N–H and O–H groups in total. The highest BCUT2D eigenvalue weighted by atomic mass is 16.3. The molecule has 100 valence electrons. The van der Waals surface area contributed by atoms with E-state index in [0.717, 1.165) is 6.08 Å². The van der Waals surface area contributed by atoms with Crippen LogP contribution in [-0.4, -0.2) is 28.8 Å². The molecule has 19 heavy (non-hydrogen) atoms. The van der Waals surface area contributed by atoms with Gasteiger partial charge in [0.15, 0.2) is 11.6 Å². The summed E-state index contributed by atoms with van der Waals surface area (Å²) in [6.07, 6.45) is 1.15. The number of aliphatic hydroxyl groups excluding tert-OH is 1. The number of aliphatic hydroxyl groups is 1. The predicted octanol–water partition coefficient (Wildman–Crippen LogP) is 1.04. The van der Waals surface area contributed by atoms with Crippen LogP contribution in [0.3, 0.4) is 0 Å². The van der Waals surface area contributed by atoms with E-state index in [1.165, 1.54) is 6.08 Å². The van der Waals surface area contributed by atoms with Gasteiger partial charge in [0.05, 0.1) is 0 Å². The number of benzene rings is 1. The largest absolute Gasteiger partial charge is 0.383 e. The summed E-state index contributed by atoms with van der Waals surface area (Å²) in [5.74, 6) is -0.743. The Balaban J connectivity index is 2.93. The summed E-state index contributed by atoms with van der Waals surface area (Å²) in [7, 11) is 0. The molecule has 0 aliphatic heterocycles. The van der Waals surface area contributed by atoms with E-state index < -0.39 is 17.9 Å². The zero-order chi connectivity index (χ0) is 14.4. The van der Waals surface area contributed by atoms with Crippen LogP contribution in [0.25, 0.3) is 0 Å². The van der Waals surface area contributed by atoms with Gasteiger partial charge in [0, 0.05) is 11.6 Å². The van der Waals surface area contributed by atoms with Crippen LogP contribution >= 0.6 is 0 Å². The molecule has 0 radical (unpaired) electrons. The molecule has 0 spiro atoms. The van der Waals surface area contributed by atoms with Crippen LogP contribution in [0.2, 0.25) is 0 Å². The fourth-order valence-corrected chi connectivity index (χ4v) is 1.75. The van der Waals surface area contributed by atoms with Gasteiger partial charge in [-0.3, -0.25) is 9.59 Å². The van der Waals surface area contributed by atoms with Crippen LogP contribution in [0.1, 0.15) is 15.9 Å².